The van der Waals surface area contributed by atoms with Crippen molar-refractivity contribution in [2.24, 2.45) is 0 Å². The van der Waals surface area contributed by atoms with Gasteiger partial charge in [0.1, 0.15) is 6.04 Å². The van der Waals surface area contributed by atoms with Crippen molar-refractivity contribution in [2.75, 3.05) is 20.8 Å². The van der Waals surface area contributed by atoms with E-state index in [0.717, 1.165) is 16.7 Å². The van der Waals surface area contributed by atoms with Crippen LogP contribution in [0.2, 0.25) is 0 Å². The lowest BCUT2D eigenvalue weighted by Crippen LogP contribution is -2.42. The molecule has 140 valence electrons. The van der Waals surface area contributed by atoms with Crippen LogP contribution >= 0.6 is 27.7 Å². The Labute approximate surface area is 163 Å². The molecule has 1 aromatic rings. The molecule has 9 heteroatoms. The molecule has 1 heterocycles. The monoisotopic (exact) mass is 443 g/mol. The van der Waals surface area contributed by atoms with Gasteiger partial charge in [-0.25, -0.2) is 4.79 Å². The molecule has 1 aliphatic heterocycles. The molecule has 0 radical (unpaired) electrons. The van der Waals surface area contributed by atoms with E-state index in [4.69, 9.17) is 14.2 Å². The van der Waals surface area contributed by atoms with E-state index in [1.54, 1.807) is 25.1 Å². The third-order valence-electron chi connectivity index (χ3n) is 3.59. The Morgan fingerprint density at radius 1 is 1.31 bits per heavy atom. The summed E-state index contributed by atoms with van der Waals surface area (Å²) in [5, 5.41) is -0.513. The number of thioether (sulfide) groups is 1. The van der Waals surface area contributed by atoms with Crippen LogP contribution in [0.1, 0.15) is 19.4 Å². The molecule has 2 amide bonds. The van der Waals surface area contributed by atoms with E-state index < -0.39 is 23.2 Å². The number of rotatable bonds is 6. The Hall–Kier alpha value is -2.00. The summed E-state index contributed by atoms with van der Waals surface area (Å²) in [4.78, 5) is 37.7. The van der Waals surface area contributed by atoms with E-state index >= 15 is 0 Å². The lowest BCUT2D eigenvalue weighted by atomic mass is 10.1. The van der Waals surface area contributed by atoms with Crippen LogP contribution in [0.25, 0.3) is 6.08 Å². The molecule has 0 N–H and O–H groups in total. The van der Waals surface area contributed by atoms with Crippen LogP contribution in [0, 0.1) is 0 Å². The summed E-state index contributed by atoms with van der Waals surface area (Å²) >= 11 is 4.16. The van der Waals surface area contributed by atoms with E-state index in [-0.39, 0.29) is 11.5 Å². The highest BCUT2D eigenvalue weighted by Gasteiger charge is 2.41. The fraction of sp³-hybridized carbons (Fsp3) is 0.353. The van der Waals surface area contributed by atoms with Gasteiger partial charge in [-0.05, 0) is 65.3 Å². The highest BCUT2D eigenvalue weighted by atomic mass is 79.9. The van der Waals surface area contributed by atoms with Gasteiger partial charge in [-0.1, -0.05) is 0 Å². The standard InChI is InChI=1S/C17H18BrNO6S/c1-5-25-16(21)9(2)19-15(20)13(26-17(19)22)8-10-6-11(18)14(24-4)12(7-10)23-3/h6-9H,5H2,1-4H3/b13-8-/t9-/m0/s1. The van der Waals surface area contributed by atoms with Crippen molar-refractivity contribution in [1.82, 2.24) is 4.90 Å². The predicted molar refractivity (Wildman–Crippen MR) is 101 cm³/mol. The average molecular weight is 444 g/mol. The molecule has 0 unspecified atom stereocenters. The summed E-state index contributed by atoms with van der Waals surface area (Å²) in [6.45, 7) is 3.30. The van der Waals surface area contributed by atoms with Gasteiger partial charge in [0.15, 0.2) is 11.5 Å². The molecule has 1 saturated heterocycles. The number of benzene rings is 1. The van der Waals surface area contributed by atoms with Crippen LogP contribution in [0.5, 0.6) is 11.5 Å². The van der Waals surface area contributed by atoms with E-state index in [1.807, 2.05) is 0 Å². The van der Waals surface area contributed by atoms with E-state index in [2.05, 4.69) is 15.9 Å². The number of ether oxygens (including phenoxy) is 3. The lowest BCUT2D eigenvalue weighted by Gasteiger charge is -2.19. The third-order valence-corrected chi connectivity index (χ3v) is 5.06. The Morgan fingerprint density at radius 3 is 2.58 bits per heavy atom. The summed E-state index contributed by atoms with van der Waals surface area (Å²) < 4.78 is 16.1. The number of nitrogens with zero attached hydrogens (tertiary/aromatic N) is 1. The Morgan fingerprint density at radius 2 is 2.00 bits per heavy atom. The van der Waals surface area contributed by atoms with E-state index in [0.29, 0.717) is 21.5 Å². The minimum absolute atomic E-state index is 0.175. The molecule has 1 aliphatic rings. The van der Waals surface area contributed by atoms with Crippen LogP contribution in [-0.2, 0) is 14.3 Å². The summed E-state index contributed by atoms with van der Waals surface area (Å²) in [5.41, 5.74) is 0.642. The average Bonchev–Trinajstić information content (AvgIpc) is 2.87. The molecule has 7 nitrogen and oxygen atoms in total. The third kappa shape index (κ3) is 4.04. The summed E-state index contributed by atoms with van der Waals surface area (Å²) in [6, 6.07) is 2.45. The van der Waals surface area contributed by atoms with Crippen LogP contribution in [0.3, 0.4) is 0 Å². The second-order valence-electron chi connectivity index (χ2n) is 5.22. The topological polar surface area (TPSA) is 82.1 Å². The minimum atomic E-state index is -0.981. The van der Waals surface area contributed by atoms with E-state index in [9.17, 15) is 14.4 Å². The van der Waals surface area contributed by atoms with Crippen molar-refractivity contribution in [3.63, 3.8) is 0 Å². The van der Waals surface area contributed by atoms with Gasteiger partial charge in [0.25, 0.3) is 11.1 Å². The molecule has 2 rings (SSSR count). The van der Waals surface area contributed by atoms with Gasteiger partial charge < -0.3 is 14.2 Å². The van der Waals surface area contributed by atoms with Gasteiger partial charge in [0, 0.05) is 0 Å². The van der Waals surface area contributed by atoms with Crippen LogP contribution < -0.4 is 9.47 Å². The zero-order valence-corrected chi connectivity index (χ0v) is 17.1. The van der Waals surface area contributed by atoms with Crippen molar-refractivity contribution in [3.8, 4) is 11.5 Å². The molecule has 1 aromatic carbocycles. The summed E-state index contributed by atoms with van der Waals surface area (Å²) in [5.74, 6) is -0.155. The van der Waals surface area contributed by atoms with E-state index in [1.165, 1.54) is 21.1 Å². The number of methoxy groups -OCH3 is 2. The molecule has 0 spiro atoms. The Balaban J connectivity index is 2.33. The largest absolute Gasteiger partial charge is 0.493 e. The van der Waals surface area contributed by atoms with Crippen molar-refractivity contribution in [1.29, 1.82) is 0 Å². The molecule has 1 fully saturated rings. The number of imide groups is 1. The lowest BCUT2D eigenvalue weighted by molar-refractivity contribution is -0.150. The molecule has 1 atom stereocenters. The predicted octanol–water partition coefficient (Wildman–Crippen LogP) is 3.45. The molecule has 26 heavy (non-hydrogen) atoms. The number of carbonyl (C=O) groups is 3. The van der Waals surface area contributed by atoms with Crippen molar-refractivity contribution in [2.45, 2.75) is 19.9 Å². The maximum Gasteiger partial charge on any atom is 0.329 e. The summed E-state index contributed by atoms with van der Waals surface area (Å²) in [7, 11) is 3.02. The number of carbonyl (C=O) groups excluding carboxylic acids is 3. The first-order chi connectivity index (χ1) is 12.3. The Kier molecular flexibility index (Phi) is 6.71. The number of amides is 2. The molecule has 0 aliphatic carbocycles. The smallest absolute Gasteiger partial charge is 0.329 e. The second kappa shape index (κ2) is 8.59. The first-order valence-corrected chi connectivity index (χ1v) is 9.30. The van der Waals surface area contributed by atoms with Crippen molar-refractivity contribution in [3.05, 3.63) is 27.1 Å². The number of hydrogen-bond acceptors (Lipinski definition) is 7. The molecule has 0 aromatic heterocycles. The molecular formula is C17H18BrNO6S. The normalized spacial score (nSPS) is 16.8. The van der Waals surface area contributed by atoms with Crippen molar-refractivity contribution >= 4 is 50.9 Å². The first-order valence-electron chi connectivity index (χ1n) is 7.69. The fourth-order valence-electron chi connectivity index (χ4n) is 2.35. The van der Waals surface area contributed by atoms with Gasteiger partial charge in [0.2, 0.25) is 0 Å². The van der Waals surface area contributed by atoms with Crippen LogP contribution in [-0.4, -0.2) is 48.9 Å². The first kappa shape index (κ1) is 20.3. The zero-order valence-electron chi connectivity index (χ0n) is 14.7. The molecule has 0 saturated carbocycles. The number of halogens is 1. The van der Waals surface area contributed by atoms with Gasteiger partial charge in [0.05, 0.1) is 30.2 Å². The highest BCUT2D eigenvalue weighted by Crippen LogP contribution is 2.39. The van der Waals surface area contributed by atoms with Gasteiger partial charge >= 0.3 is 5.97 Å². The number of hydrogen-bond donors (Lipinski definition) is 0. The summed E-state index contributed by atoms with van der Waals surface area (Å²) in [6.07, 6.45) is 1.56. The van der Waals surface area contributed by atoms with Gasteiger partial charge in [-0.3, -0.25) is 14.5 Å². The highest BCUT2D eigenvalue weighted by molar-refractivity contribution is 9.10. The van der Waals surface area contributed by atoms with Crippen LogP contribution in [0.4, 0.5) is 4.79 Å². The molecule has 0 bridgehead atoms. The SMILES string of the molecule is CCOC(=O)[C@H](C)N1C(=O)S/C(=C\c2cc(Br)c(OC)c(OC)c2)C1=O. The maximum absolute atomic E-state index is 12.6. The Bertz CT molecular complexity index is 779. The minimum Gasteiger partial charge on any atom is -0.493 e. The fourth-order valence-corrected chi connectivity index (χ4v) is 3.88. The maximum atomic E-state index is 12.6. The quantitative estimate of drug-likeness (QED) is 0.491. The van der Waals surface area contributed by atoms with Gasteiger partial charge in [-0.2, -0.15) is 0 Å². The van der Waals surface area contributed by atoms with Gasteiger partial charge in [-0.15, -0.1) is 0 Å². The molecular weight excluding hydrogens is 426 g/mol. The van der Waals surface area contributed by atoms with Crippen LogP contribution in [0.15, 0.2) is 21.5 Å². The zero-order chi connectivity index (χ0) is 19.4. The second-order valence-corrected chi connectivity index (χ2v) is 7.07. The number of esters is 1. The van der Waals surface area contributed by atoms with Crippen molar-refractivity contribution < 1.29 is 28.6 Å².